The van der Waals surface area contributed by atoms with E-state index in [1.165, 1.54) is 0 Å². The van der Waals surface area contributed by atoms with Crippen LogP contribution < -0.4 is 0 Å². The number of benzene rings is 2. The van der Waals surface area contributed by atoms with Gasteiger partial charge in [0.1, 0.15) is 0 Å². The molecule has 0 aliphatic heterocycles. The summed E-state index contributed by atoms with van der Waals surface area (Å²) in [7, 11) is 0. The van der Waals surface area contributed by atoms with Crippen LogP contribution in [-0.4, -0.2) is 23.5 Å². The number of aryl methyl sites for hydroxylation is 1. The molecule has 6 heteroatoms. The zero-order chi connectivity index (χ0) is 27.9. The molecule has 6 nitrogen and oxygen atoms in total. The Morgan fingerprint density at radius 1 is 0.615 bits per heavy atom. The van der Waals surface area contributed by atoms with E-state index in [1.54, 1.807) is 42.5 Å². The summed E-state index contributed by atoms with van der Waals surface area (Å²) < 4.78 is 11.8. The van der Waals surface area contributed by atoms with Crippen molar-refractivity contribution in [3.8, 4) is 0 Å². The third-order valence-corrected chi connectivity index (χ3v) is 7.14. The molecule has 4 rings (SSSR count). The Kier molecular flexibility index (Phi) is 9.28. The molecule has 2 aliphatic carbocycles. The summed E-state index contributed by atoms with van der Waals surface area (Å²) >= 11 is 0. The number of rotatable bonds is 12. The smallest absolute Gasteiger partial charge is 0.311 e. The third-order valence-electron chi connectivity index (χ3n) is 7.14. The highest BCUT2D eigenvalue weighted by Gasteiger charge is 2.43. The molecular formula is C33H36O6. The van der Waals surface area contributed by atoms with Crippen LogP contribution in [0.5, 0.6) is 0 Å². The lowest BCUT2D eigenvalue weighted by Gasteiger charge is -2.29. The summed E-state index contributed by atoms with van der Waals surface area (Å²) in [5.41, 5.74) is 2.20. The topological polar surface area (TPSA) is 86.7 Å². The van der Waals surface area contributed by atoms with Gasteiger partial charge in [-0.15, -0.1) is 0 Å². The first-order valence-electron chi connectivity index (χ1n) is 14.1. The van der Waals surface area contributed by atoms with E-state index in [4.69, 9.17) is 9.47 Å². The highest BCUT2D eigenvalue weighted by molar-refractivity contribution is 6.34. The molecule has 0 saturated heterocycles. The van der Waals surface area contributed by atoms with Gasteiger partial charge in [0.2, 0.25) is 0 Å². The summed E-state index contributed by atoms with van der Waals surface area (Å²) in [6.07, 6.45) is 7.70. The molecule has 204 valence electrons. The maximum atomic E-state index is 13.9. The maximum Gasteiger partial charge on any atom is 0.311 e. The van der Waals surface area contributed by atoms with Crippen LogP contribution in [0.1, 0.15) is 115 Å². The van der Waals surface area contributed by atoms with Crippen LogP contribution in [0.2, 0.25) is 0 Å². The van der Waals surface area contributed by atoms with E-state index in [0.29, 0.717) is 35.1 Å². The summed E-state index contributed by atoms with van der Waals surface area (Å²) in [4.78, 5) is 53.7. The molecule has 0 atom stereocenters. The molecule has 0 unspecified atom stereocenters. The largest absolute Gasteiger partial charge is 0.425 e. The Balaban J connectivity index is 1.83. The number of ether oxygens (including phenoxy) is 2. The van der Waals surface area contributed by atoms with Crippen LogP contribution in [0, 0.1) is 6.92 Å². The third kappa shape index (κ3) is 6.11. The number of fused-ring (bicyclic) bond motifs is 3. The van der Waals surface area contributed by atoms with Gasteiger partial charge in [-0.1, -0.05) is 94.3 Å². The fourth-order valence-electron chi connectivity index (χ4n) is 5.06. The van der Waals surface area contributed by atoms with E-state index in [-0.39, 0.29) is 35.5 Å². The second kappa shape index (κ2) is 12.8. The number of esters is 2. The molecule has 0 fully saturated rings. The molecule has 0 amide bonds. The Labute approximate surface area is 230 Å². The standard InChI is InChI=1S/C33H36O6/c1-4-6-8-10-16-26(34)38-32-24-15-13-12-14-22(24)30(36)29-28(32)31(37)23-19-18-21(3)20-25(23)33(29)39-27(35)17-11-9-7-5-2/h12-15,18-20H,4-11,16-17H2,1-3H3. The van der Waals surface area contributed by atoms with E-state index in [9.17, 15) is 19.2 Å². The molecule has 0 aromatic heterocycles. The monoisotopic (exact) mass is 528 g/mol. The molecule has 2 aromatic rings. The Hall–Kier alpha value is -3.80. The average molecular weight is 529 g/mol. The van der Waals surface area contributed by atoms with Gasteiger partial charge in [-0.2, -0.15) is 0 Å². The lowest BCUT2D eigenvalue weighted by Crippen LogP contribution is -2.29. The van der Waals surface area contributed by atoms with Crippen LogP contribution in [0.15, 0.2) is 53.6 Å². The molecule has 2 aromatic carbocycles. The fourth-order valence-corrected chi connectivity index (χ4v) is 5.06. The van der Waals surface area contributed by atoms with Crippen molar-refractivity contribution in [1.82, 2.24) is 0 Å². The van der Waals surface area contributed by atoms with Gasteiger partial charge < -0.3 is 9.47 Å². The first kappa shape index (κ1) is 28.2. The van der Waals surface area contributed by atoms with Crippen LogP contribution in [0.4, 0.5) is 0 Å². The predicted octanol–water partition coefficient (Wildman–Crippen LogP) is 7.54. The minimum Gasteiger partial charge on any atom is -0.425 e. The molecule has 0 saturated carbocycles. The van der Waals surface area contributed by atoms with Crippen molar-refractivity contribution in [2.24, 2.45) is 0 Å². The first-order chi connectivity index (χ1) is 18.9. The van der Waals surface area contributed by atoms with E-state index >= 15 is 0 Å². The van der Waals surface area contributed by atoms with Gasteiger partial charge in [-0.05, 0) is 25.8 Å². The Morgan fingerprint density at radius 3 is 1.64 bits per heavy atom. The van der Waals surface area contributed by atoms with E-state index in [1.807, 2.05) is 6.92 Å². The second-order valence-corrected chi connectivity index (χ2v) is 10.2. The predicted molar refractivity (Wildman–Crippen MR) is 150 cm³/mol. The molecule has 0 spiro atoms. The number of allylic oxidation sites excluding steroid dienone is 2. The van der Waals surface area contributed by atoms with Crippen molar-refractivity contribution >= 4 is 35.0 Å². The number of carbonyl (C=O) groups excluding carboxylic acids is 4. The minimum absolute atomic E-state index is 0.0208. The molecule has 39 heavy (non-hydrogen) atoms. The molecule has 0 radical (unpaired) electrons. The molecule has 0 N–H and O–H groups in total. The Morgan fingerprint density at radius 2 is 1.10 bits per heavy atom. The van der Waals surface area contributed by atoms with E-state index < -0.39 is 23.5 Å². The highest BCUT2D eigenvalue weighted by atomic mass is 16.5. The van der Waals surface area contributed by atoms with E-state index in [2.05, 4.69) is 13.8 Å². The van der Waals surface area contributed by atoms with E-state index in [0.717, 1.165) is 44.1 Å². The number of unbranched alkanes of at least 4 members (excludes halogenated alkanes) is 6. The number of ketones is 2. The lowest BCUT2D eigenvalue weighted by atomic mass is 9.76. The summed E-state index contributed by atoms with van der Waals surface area (Å²) in [6.45, 7) is 6.06. The number of hydrogen-bond donors (Lipinski definition) is 0. The zero-order valence-corrected chi connectivity index (χ0v) is 23.1. The maximum absolute atomic E-state index is 13.9. The SMILES string of the molecule is CCCCCCC(=O)OC1=C2C(=O)c3ccc(C)cc3C(OC(=O)CCCCCC)=C2C(=O)c2ccccc21. The molecule has 0 bridgehead atoms. The first-order valence-corrected chi connectivity index (χ1v) is 14.1. The van der Waals surface area contributed by atoms with Crippen molar-refractivity contribution < 1.29 is 28.7 Å². The number of Topliss-reactive ketones (excluding diaryl/α,β-unsaturated/α-hetero) is 2. The Bertz CT molecular complexity index is 1360. The molecule has 2 aliphatic rings. The molecule has 0 heterocycles. The van der Waals surface area contributed by atoms with Gasteiger partial charge in [-0.25, -0.2) is 0 Å². The number of hydrogen-bond acceptors (Lipinski definition) is 6. The summed E-state index contributed by atoms with van der Waals surface area (Å²) in [5, 5.41) is 0. The van der Waals surface area contributed by atoms with Gasteiger partial charge in [0.25, 0.3) is 0 Å². The zero-order valence-electron chi connectivity index (χ0n) is 23.1. The highest BCUT2D eigenvalue weighted by Crippen LogP contribution is 2.45. The van der Waals surface area contributed by atoms with Gasteiger partial charge in [0, 0.05) is 35.1 Å². The van der Waals surface area contributed by atoms with Crippen molar-refractivity contribution in [3.05, 3.63) is 81.4 Å². The van der Waals surface area contributed by atoms with Crippen LogP contribution in [0.3, 0.4) is 0 Å². The van der Waals surface area contributed by atoms with Gasteiger partial charge in [0.05, 0.1) is 11.1 Å². The number of carbonyl (C=O) groups is 4. The van der Waals surface area contributed by atoms with Crippen LogP contribution in [0.25, 0.3) is 11.5 Å². The van der Waals surface area contributed by atoms with Gasteiger partial charge in [0.15, 0.2) is 23.1 Å². The quantitative estimate of drug-likeness (QED) is 0.209. The second-order valence-electron chi connectivity index (χ2n) is 10.2. The minimum atomic E-state index is -0.464. The van der Waals surface area contributed by atoms with Crippen molar-refractivity contribution in [1.29, 1.82) is 0 Å². The van der Waals surface area contributed by atoms with Gasteiger partial charge >= 0.3 is 11.9 Å². The van der Waals surface area contributed by atoms with Gasteiger partial charge in [-0.3, -0.25) is 19.2 Å². The normalized spacial score (nSPS) is 14.1. The van der Waals surface area contributed by atoms with Crippen molar-refractivity contribution in [2.45, 2.75) is 85.0 Å². The van der Waals surface area contributed by atoms with Crippen molar-refractivity contribution in [2.75, 3.05) is 0 Å². The van der Waals surface area contributed by atoms with Crippen molar-refractivity contribution in [3.63, 3.8) is 0 Å². The summed E-state index contributed by atoms with van der Waals surface area (Å²) in [6, 6.07) is 12.0. The van der Waals surface area contributed by atoms with Crippen LogP contribution in [-0.2, 0) is 19.1 Å². The fraction of sp³-hybridized carbons (Fsp3) is 0.394. The lowest BCUT2D eigenvalue weighted by molar-refractivity contribution is -0.137. The average Bonchev–Trinajstić information content (AvgIpc) is 2.93. The molecular weight excluding hydrogens is 492 g/mol. The summed E-state index contributed by atoms with van der Waals surface area (Å²) in [5.74, 6) is -1.69. The van der Waals surface area contributed by atoms with Crippen LogP contribution >= 0.6 is 0 Å².